The lowest BCUT2D eigenvalue weighted by Crippen LogP contribution is -1.90. The first-order valence-corrected chi connectivity index (χ1v) is 6.48. The fourth-order valence-electron chi connectivity index (χ4n) is 1.52. The third kappa shape index (κ3) is 3.13. The molecule has 0 aliphatic heterocycles. The SMILES string of the molecule is Cc1ccc(Oc2cc(Cl)c(Cl)cc2Cl)c(C#N)c1. The van der Waals surface area contributed by atoms with E-state index in [-0.39, 0.29) is 0 Å². The normalized spacial score (nSPS) is 10.1. The van der Waals surface area contributed by atoms with Gasteiger partial charge in [-0.3, -0.25) is 0 Å². The second kappa shape index (κ2) is 5.71. The van der Waals surface area contributed by atoms with E-state index < -0.39 is 0 Å². The molecule has 2 aromatic rings. The Morgan fingerprint density at radius 2 is 1.63 bits per heavy atom. The number of hydrogen-bond acceptors (Lipinski definition) is 2. The van der Waals surface area contributed by atoms with Crippen molar-refractivity contribution in [2.75, 3.05) is 0 Å². The van der Waals surface area contributed by atoms with Crippen molar-refractivity contribution in [2.45, 2.75) is 6.92 Å². The summed E-state index contributed by atoms with van der Waals surface area (Å²) in [5, 5.41) is 10.1. The molecule has 0 heterocycles. The van der Waals surface area contributed by atoms with Crippen LogP contribution in [0.1, 0.15) is 11.1 Å². The van der Waals surface area contributed by atoms with E-state index in [1.165, 1.54) is 12.1 Å². The highest BCUT2D eigenvalue weighted by molar-refractivity contribution is 6.43. The standard InChI is InChI=1S/C14H8Cl3NO/c1-8-2-3-13(9(4-8)7-18)19-14-6-11(16)10(15)5-12(14)17/h2-6H,1H3. The second-order valence-electron chi connectivity index (χ2n) is 3.91. The summed E-state index contributed by atoms with van der Waals surface area (Å²) in [6.45, 7) is 1.90. The van der Waals surface area contributed by atoms with E-state index in [2.05, 4.69) is 6.07 Å². The zero-order valence-corrected chi connectivity index (χ0v) is 12.1. The van der Waals surface area contributed by atoms with E-state index in [4.69, 9.17) is 44.8 Å². The number of nitriles is 1. The molecule has 5 heteroatoms. The number of rotatable bonds is 2. The smallest absolute Gasteiger partial charge is 0.147 e. The number of aryl methyl sites for hydroxylation is 1. The van der Waals surface area contributed by atoms with Crippen LogP contribution in [-0.2, 0) is 0 Å². The summed E-state index contributed by atoms with van der Waals surface area (Å²) in [6, 6.07) is 10.4. The summed E-state index contributed by atoms with van der Waals surface area (Å²) in [5.41, 5.74) is 1.41. The molecule has 96 valence electrons. The minimum absolute atomic E-state index is 0.332. The minimum atomic E-state index is 0.332. The van der Waals surface area contributed by atoms with Gasteiger partial charge in [0.05, 0.1) is 20.6 Å². The molecule has 0 aromatic heterocycles. The summed E-state index contributed by atoms with van der Waals surface area (Å²) < 4.78 is 5.62. The molecule has 0 saturated carbocycles. The topological polar surface area (TPSA) is 33.0 Å². The first-order chi connectivity index (χ1) is 9.01. The Kier molecular flexibility index (Phi) is 4.21. The van der Waals surface area contributed by atoms with Gasteiger partial charge in [0.1, 0.15) is 17.6 Å². The maximum atomic E-state index is 9.08. The van der Waals surface area contributed by atoms with Crippen molar-refractivity contribution in [2.24, 2.45) is 0 Å². The fraction of sp³-hybridized carbons (Fsp3) is 0.0714. The van der Waals surface area contributed by atoms with Crippen LogP contribution >= 0.6 is 34.8 Å². The van der Waals surface area contributed by atoms with Crippen LogP contribution in [0.25, 0.3) is 0 Å². The predicted octanol–water partition coefficient (Wildman–Crippen LogP) is 5.62. The summed E-state index contributed by atoms with van der Waals surface area (Å²) in [7, 11) is 0. The molecule has 0 saturated heterocycles. The zero-order valence-electron chi connectivity index (χ0n) is 9.88. The molecule has 0 amide bonds. The molecule has 19 heavy (non-hydrogen) atoms. The van der Waals surface area contributed by atoms with E-state index in [0.717, 1.165) is 5.56 Å². The van der Waals surface area contributed by atoms with Gasteiger partial charge in [-0.25, -0.2) is 0 Å². The lowest BCUT2D eigenvalue weighted by Gasteiger charge is -2.10. The average molecular weight is 313 g/mol. The minimum Gasteiger partial charge on any atom is -0.454 e. The Morgan fingerprint density at radius 1 is 0.947 bits per heavy atom. The highest BCUT2D eigenvalue weighted by Crippen LogP contribution is 2.37. The van der Waals surface area contributed by atoms with Crippen molar-refractivity contribution in [1.82, 2.24) is 0 Å². The summed E-state index contributed by atoms with van der Waals surface area (Å²) in [6.07, 6.45) is 0. The number of ether oxygens (including phenoxy) is 1. The first-order valence-electron chi connectivity index (χ1n) is 5.34. The van der Waals surface area contributed by atoms with Gasteiger partial charge in [0, 0.05) is 6.07 Å². The summed E-state index contributed by atoms with van der Waals surface area (Å²) in [5.74, 6) is 0.782. The van der Waals surface area contributed by atoms with Crippen LogP contribution in [0.2, 0.25) is 15.1 Å². The van der Waals surface area contributed by atoms with Crippen LogP contribution < -0.4 is 4.74 Å². The Bertz CT molecular complexity index is 677. The van der Waals surface area contributed by atoms with E-state index in [0.29, 0.717) is 32.1 Å². The van der Waals surface area contributed by atoms with E-state index in [1.54, 1.807) is 12.1 Å². The Hall–Kier alpha value is -1.40. The monoisotopic (exact) mass is 311 g/mol. The lowest BCUT2D eigenvalue weighted by molar-refractivity contribution is 0.481. The van der Waals surface area contributed by atoms with Gasteiger partial charge >= 0.3 is 0 Å². The Labute approximate surface area is 126 Å². The number of benzene rings is 2. The average Bonchev–Trinajstić information content (AvgIpc) is 2.37. The number of nitrogens with zero attached hydrogens (tertiary/aromatic N) is 1. The lowest BCUT2D eigenvalue weighted by atomic mass is 10.1. The Balaban J connectivity index is 2.42. The molecule has 0 fully saturated rings. The molecule has 0 unspecified atom stereocenters. The van der Waals surface area contributed by atoms with Crippen LogP contribution in [0.4, 0.5) is 0 Å². The molecule has 0 radical (unpaired) electrons. The van der Waals surface area contributed by atoms with Gasteiger partial charge in [0.2, 0.25) is 0 Å². The number of halogens is 3. The van der Waals surface area contributed by atoms with Crippen molar-refractivity contribution in [3.05, 3.63) is 56.5 Å². The van der Waals surface area contributed by atoms with Gasteiger partial charge in [0.25, 0.3) is 0 Å². The van der Waals surface area contributed by atoms with Crippen LogP contribution in [0.15, 0.2) is 30.3 Å². The van der Waals surface area contributed by atoms with E-state index in [9.17, 15) is 0 Å². The van der Waals surface area contributed by atoms with Crippen LogP contribution in [0.3, 0.4) is 0 Å². The molecule has 0 N–H and O–H groups in total. The van der Waals surface area contributed by atoms with Crippen molar-refractivity contribution in [1.29, 1.82) is 5.26 Å². The molecule has 0 aliphatic carbocycles. The maximum absolute atomic E-state index is 9.08. The van der Waals surface area contributed by atoms with E-state index in [1.807, 2.05) is 13.0 Å². The molecular formula is C14H8Cl3NO. The first kappa shape index (κ1) is 14.0. The van der Waals surface area contributed by atoms with Gasteiger partial charge in [-0.15, -0.1) is 0 Å². The maximum Gasteiger partial charge on any atom is 0.147 e. The van der Waals surface area contributed by atoms with Crippen molar-refractivity contribution in [3.8, 4) is 17.6 Å². The number of hydrogen-bond donors (Lipinski definition) is 0. The highest BCUT2D eigenvalue weighted by Gasteiger charge is 2.10. The molecule has 0 atom stereocenters. The molecule has 0 bridgehead atoms. The van der Waals surface area contributed by atoms with Gasteiger partial charge < -0.3 is 4.74 Å². The predicted molar refractivity (Wildman–Crippen MR) is 77.4 cm³/mol. The van der Waals surface area contributed by atoms with Gasteiger partial charge in [-0.2, -0.15) is 5.26 Å². The molecule has 0 spiro atoms. The fourth-order valence-corrected chi connectivity index (χ4v) is 2.10. The van der Waals surface area contributed by atoms with Crippen molar-refractivity contribution < 1.29 is 4.74 Å². The summed E-state index contributed by atoms with van der Waals surface area (Å²) >= 11 is 17.8. The largest absolute Gasteiger partial charge is 0.454 e. The summed E-state index contributed by atoms with van der Waals surface area (Å²) in [4.78, 5) is 0. The molecule has 2 rings (SSSR count). The second-order valence-corrected chi connectivity index (χ2v) is 5.13. The quantitative estimate of drug-likeness (QED) is 0.674. The van der Waals surface area contributed by atoms with Gasteiger partial charge in [-0.05, 0) is 30.7 Å². The van der Waals surface area contributed by atoms with Crippen molar-refractivity contribution in [3.63, 3.8) is 0 Å². The van der Waals surface area contributed by atoms with Crippen molar-refractivity contribution >= 4 is 34.8 Å². The highest BCUT2D eigenvalue weighted by atomic mass is 35.5. The van der Waals surface area contributed by atoms with E-state index >= 15 is 0 Å². The van der Waals surface area contributed by atoms with Crippen LogP contribution in [0, 0.1) is 18.3 Å². The van der Waals surface area contributed by atoms with Gasteiger partial charge in [0.15, 0.2) is 0 Å². The van der Waals surface area contributed by atoms with Crippen LogP contribution in [-0.4, -0.2) is 0 Å². The van der Waals surface area contributed by atoms with Crippen LogP contribution in [0.5, 0.6) is 11.5 Å². The van der Waals surface area contributed by atoms with Gasteiger partial charge in [-0.1, -0.05) is 40.9 Å². The molecule has 0 aliphatic rings. The zero-order chi connectivity index (χ0) is 14.0. The molecule has 2 aromatic carbocycles. The third-order valence-electron chi connectivity index (χ3n) is 2.45. The Morgan fingerprint density at radius 3 is 2.32 bits per heavy atom. The third-order valence-corrected chi connectivity index (χ3v) is 3.47. The molecule has 2 nitrogen and oxygen atoms in total. The molecular weight excluding hydrogens is 305 g/mol.